The summed E-state index contributed by atoms with van der Waals surface area (Å²) in [4.78, 5) is 4.62. The predicted octanol–water partition coefficient (Wildman–Crippen LogP) is 4.13. The molecule has 1 saturated carbocycles. The molecule has 3 rings (SSSR count). The molecular formula is C16H20BrN3O. The summed E-state index contributed by atoms with van der Waals surface area (Å²) in [6, 6.07) is 8.46. The summed E-state index contributed by atoms with van der Waals surface area (Å²) in [6.45, 7) is 3.24. The molecule has 1 aromatic carbocycles. The fraction of sp³-hybridized carbons (Fsp3) is 0.500. The zero-order chi connectivity index (χ0) is 14.7. The first kappa shape index (κ1) is 14.7. The fourth-order valence-electron chi connectivity index (χ4n) is 2.93. The maximum absolute atomic E-state index is 5.53. The molecule has 0 radical (unpaired) electrons. The van der Waals surface area contributed by atoms with Crippen molar-refractivity contribution in [3.8, 4) is 11.4 Å². The van der Waals surface area contributed by atoms with Gasteiger partial charge in [0.15, 0.2) is 0 Å². The summed E-state index contributed by atoms with van der Waals surface area (Å²) >= 11 is 3.44. The van der Waals surface area contributed by atoms with Gasteiger partial charge in [0.1, 0.15) is 0 Å². The van der Waals surface area contributed by atoms with E-state index in [-0.39, 0.29) is 0 Å². The second-order valence-electron chi connectivity index (χ2n) is 5.56. The molecule has 1 fully saturated rings. The minimum absolute atomic E-state index is 0.355. The van der Waals surface area contributed by atoms with Gasteiger partial charge in [-0.05, 0) is 50.1 Å². The van der Waals surface area contributed by atoms with Crippen LogP contribution in [0, 0.1) is 0 Å². The molecule has 0 aliphatic heterocycles. The van der Waals surface area contributed by atoms with Crippen LogP contribution in [0.3, 0.4) is 0 Å². The topological polar surface area (TPSA) is 51.0 Å². The van der Waals surface area contributed by atoms with E-state index in [4.69, 9.17) is 4.52 Å². The molecule has 1 aliphatic carbocycles. The minimum atomic E-state index is 0.355. The third-order valence-electron chi connectivity index (χ3n) is 4.03. The highest BCUT2D eigenvalue weighted by atomic mass is 79.9. The van der Waals surface area contributed by atoms with Crippen molar-refractivity contribution in [2.45, 2.75) is 44.6 Å². The standard InChI is InChI=1S/C16H20BrN3O/c1-2-10-18-14-5-3-4-13(14)16-19-15(20-21-16)11-6-8-12(17)9-7-11/h6-9,13-14,18H,2-5,10H2,1H3. The number of hydrogen-bond acceptors (Lipinski definition) is 4. The van der Waals surface area contributed by atoms with E-state index in [1.807, 2.05) is 24.3 Å². The lowest BCUT2D eigenvalue weighted by molar-refractivity contribution is 0.330. The maximum Gasteiger partial charge on any atom is 0.231 e. The molecule has 0 bridgehead atoms. The molecular weight excluding hydrogens is 330 g/mol. The van der Waals surface area contributed by atoms with Crippen LogP contribution in [-0.4, -0.2) is 22.7 Å². The van der Waals surface area contributed by atoms with Crippen LogP contribution in [0.15, 0.2) is 33.3 Å². The molecule has 0 spiro atoms. The average Bonchev–Trinajstić information content (AvgIpc) is 3.14. The van der Waals surface area contributed by atoms with Crippen LogP contribution in [0.25, 0.3) is 11.4 Å². The first-order chi connectivity index (χ1) is 10.3. The largest absolute Gasteiger partial charge is 0.339 e. The van der Waals surface area contributed by atoms with Crippen LogP contribution in [0.2, 0.25) is 0 Å². The Kier molecular flexibility index (Phi) is 4.70. The van der Waals surface area contributed by atoms with E-state index in [0.29, 0.717) is 17.8 Å². The smallest absolute Gasteiger partial charge is 0.231 e. The lowest BCUT2D eigenvalue weighted by Gasteiger charge is -2.17. The first-order valence-electron chi connectivity index (χ1n) is 7.61. The van der Waals surface area contributed by atoms with Crippen molar-refractivity contribution >= 4 is 15.9 Å². The van der Waals surface area contributed by atoms with E-state index in [0.717, 1.165) is 35.3 Å². The SMILES string of the molecule is CCCNC1CCCC1c1nc(-c2ccc(Br)cc2)no1. The average molecular weight is 350 g/mol. The van der Waals surface area contributed by atoms with Gasteiger partial charge in [0.25, 0.3) is 0 Å². The quantitative estimate of drug-likeness (QED) is 0.881. The van der Waals surface area contributed by atoms with Gasteiger partial charge in [0.05, 0.1) is 5.92 Å². The molecule has 2 atom stereocenters. The zero-order valence-electron chi connectivity index (χ0n) is 12.2. The summed E-state index contributed by atoms with van der Waals surface area (Å²) in [5, 5.41) is 7.75. The Morgan fingerprint density at radius 1 is 1.29 bits per heavy atom. The number of rotatable bonds is 5. The Hall–Kier alpha value is -1.20. The molecule has 21 heavy (non-hydrogen) atoms. The molecule has 112 valence electrons. The number of nitrogens with zero attached hydrogens (tertiary/aromatic N) is 2. The number of hydrogen-bond donors (Lipinski definition) is 1. The Bertz CT molecular complexity index is 581. The Balaban J connectivity index is 1.76. The summed E-state index contributed by atoms with van der Waals surface area (Å²) in [7, 11) is 0. The monoisotopic (exact) mass is 349 g/mol. The van der Waals surface area contributed by atoms with Gasteiger partial charge in [0.2, 0.25) is 11.7 Å². The van der Waals surface area contributed by atoms with Gasteiger partial charge in [-0.1, -0.05) is 34.4 Å². The van der Waals surface area contributed by atoms with Crippen molar-refractivity contribution in [3.05, 3.63) is 34.6 Å². The van der Waals surface area contributed by atoms with Crippen molar-refractivity contribution in [1.29, 1.82) is 0 Å². The van der Waals surface area contributed by atoms with Crippen molar-refractivity contribution in [1.82, 2.24) is 15.5 Å². The van der Waals surface area contributed by atoms with E-state index in [1.54, 1.807) is 0 Å². The number of aromatic nitrogens is 2. The van der Waals surface area contributed by atoms with E-state index >= 15 is 0 Å². The summed E-state index contributed by atoms with van der Waals surface area (Å²) in [5.74, 6) is 1.81. The molecule has 0 amide bonds. The second-order valence-corrected chi connectivity index (χ2v) is 6.48. The van der Waals surface area contributed by atoms with Crippen LogP contribution >= 0.6 is 15.9 Å². The zero-order valence-corrected chi connectivity index (χ0v) is 13.8. The molecule has 5 heteroatoms. The minimum Gasteiger partial charge on any atom is -0.339 e. The van der Waals surface area contributed by atoms with Crippen LogP contribution in [0.1, 0.15) is 44.4 Å². The molecule has 0 saturated heterocycles. The third-order valence-corrected chi connectivity index (χ3v) is 4.56. The Morgan fingerprint density at radius 3 is 2.86 bits per heavy atom. The highest BCUT2D eigenvalue weighted by molar-refractivity contribution is 9.10. The van der Waals surface area contributed by atoms with Crippen molar-refractivity contribution in [2.24, 2.45) is 0 Å². The van der Waals surface area contributed by atoms with Crippen molar-refractivity contribution in [2.75, 3.05) is 6.54 Å². The third kappa shape index (κ3) is 3.35. The number of halogens is 1. The van der Waals surface area contributed by atoms with Crippen molar-refractivity contribution < 1.29 is 4.52 Å². The normalized spacial score (nSPS) is 21.8. The van der Waals surface area contributed by atoms with Gasteiger partial charge in [-0.15, -0.1) is 0 Å². The van der Waals surface area contributed by atoms with Crippen LogP contribution < -0.4 is 5.32 Å². The summed E-state index contributed by atoms with van der Waals surface area (Å²) in [6.07, 6.45) is 4.70. The number of nitrogens with one attached hydrogen (secondary N) is 1. The van der Waals surface area contributed by atoms with E-state index < -0.39 is 0 Å². The number of benzene rings is 1. The van der Waals surface area contributed by atoms with E-state index in [9.17, 15) is 0 Å². The van der Waals surface area contributed by atoms with Crippen LogP contribution in [-0.2, 0) is 0 Å². The van der Waals surface area contributed by atoms with Gasteiger partial charge < -0.3 is 9.84 Å². The molecule has 1 aromatic heterocycles. The molecule has 2 unspecified atom stereocenters. The van der Waals surface area contributed by atoms with Crippen LogP contribution in [0.5, 0.6) is 0 Å². The molecule has 4 nitrogen and oxygen atoms in total. The predicted molar refractivity (Wildman–Crippen MR) is 86.1 cm³/mol. The van der Waals surface area contributed by atoms with Gasteiger partial charge in [-0.25, -0.2) is 0 Å². The van der Waals surface area contributed by atoms with Gasteiger partial charge >= 0.3 is 0 Å². The molecule has 1 heterocycles. The summed E-state index contributed by atoms with van der Waals surface area (Å²) in [5.41, 5.74) is 0.990. The van der Waals surface area contributed by atoms with E-state index in [1.165, 1.54) is 12.8 Å². The first-order valence-corrected chi connectivity index (χ1v) is 8.40. The van der Waals surface area contributed by atoms with E-state index in [2.05, 4.69) is 38.3 Å². The maximum atomic E-state index is 5.53. The molecule has 2 aromatic rings. The molecule has 1 N–H and O–H groups in total. The van der Waals surface area contributed by atoms with Gasteiger partial charge in [-0.3, -0.25) is 0 Å². The highest BCUT2D eigenvalue weighted by Gasteiger charge is 2.32. The fourth-order valence-corrected chi connectivity index (χ4v) is 3.20. The van der Waals surface area contributed by atoms with Crippen molar-refractivity contribution in [3.63, 3.8) is 0 Å². The van der Waals surface area contributed by atoms with Gasteiger partial charge in [-0.2, -0.15) is 4.98 Å². The Labute approximate surface area is 133 Å². The van der Waals surface area contributed by atoms with Crippen LogP contribution in [0.4, 0.5) is 0 Å². The molecule has 1 aliphatic rings. The van der Waals surface area contributed by atoms with Gasteiger partial charge in [0, 0.05) is 16.1 Å². The lowest BCUT2D eigenvalue weighted by atomic mass is 10.0. The lowest BCUT2D eigenvalue weighted by Crippen LogP contribution is -2.31. The Morgan fingerprint density at radius 2 is 2.10 bits per heavy atom. The summed E-state index contributed by atoms with van der Waals surface area (Å²) < 4.78 is 6.58. The second kappa shape index (κ2) is 6.71. The highest BCUT2D eigenvalue weighted by Crippen LogP contribution is 2.34.